The highest BCUT2D eigenvalue weighted by molar-refractivity contribution is 5.91. The second-order valence-corrected chi connectivity index (χ2v) is 4.42. The highest BCUT2D eigenvalue weighted by Gasteiger charge is 2.17. The smallest absolute Gasteiger partial charge is 0.340 e. The lowest BCUT2D eigenvalue weighted by Gasteiger charge is -2.10. The van der Waals surface area contributed by atoms with Gasteiger partial charge in [0.25, 0.3) is 0 Å². The van der Waals surface area contributed by atoms with Crippen LogP contribution in [0.4, 0.5) is 0 Å². The van der Waals surface area contributed by atoms with Crippen molar-refractivity contribution in [1.29, 1.82) is 0 Å². The summed E-state index contributed by atoms with van der Waals surface area (Å²) in [6.07, 6.45) is 0.919. The van der Waals surface area contributed by atoms with Gasteiger partial charge in [-0.15, -0.1) is 0 Å². The minimum Gasteiger partial charge on any atom is -0.466 e. The first-order valence-electron chi connectivity index (χ1n) is 6.90. The molecule has 0 saturated carbocycles. The van der Waals surface area contributed by atoms with Gasteiger partial charge in [-0.2, -0.15) is 0 Å². The van der Waals surface area contributed by atoms with Gasteiger partial charge < -0.3 is 19.3 Å². The molecule has 1 atom stereocenters. The number of carbonyl (C=O) groups excluding carboxylic acids is 3. The molecule has 1 aromatic rings. The van der Waals surface area contributed by atoms with Crippen LogP contribution >= 0.6 is 0 Å². The minimum absolute atomic E-state index is 0.0000228. The lowest BCUT2D eigenvalue weighted by Crippen LogP contribution is -2.26. The summed E-state index contributed by atoms with van der Waals surface area (Å²) in [6, 6.07) is 8.38. The summed E-state index contributed by atoms with van der Waals surface area (Å²) in [6.45, 7) is 0.0000228. The molecule has 7 heteroatoms. The van der Waals surface area contributed by atoms with Crippen LogP contribution in [-0.2, 0) is 23.9 Å². The van der Waals surface area contributed by atoms with E-state index < -0.39 is 24.0 Å². The van der Waals surface area contributed by atoms with Crippen molar-refractivity contribution < 1.29 is 33.7 Å². The minimum atomic E-state index is -1.31. The molecule has 1 N–H and O–H groups in total. The van der Waals surface area contributed by atoms with Crippen LogP contribution in [0.5, 0.6) is 5.75 Å². The molecule has 7 nitrogen and oxygen atoms in total. The molecular weight excluding hydrogens is 304 g/mol. The van der Waals surface area contributed by atoms with Crippen LogP contribution in [0, 0.1) is 0 Å². The van der Waals surface area contributed by atoms with Gasteiger partial charge in [-0.05, 0) is 25.0 Å². The van der Waals surface area contributed by atoms with E-state index in [2.05, 4.69) is 4.74 Å². The van der Waals surface area contributed by atoms with Gasteiger partial charge in [-0.25, -0.2) is 14.4 Å². The predicted octanol–water partition coefficient (Wildman–Crippen LogP) is 1.01. The number of methoxy groups -OCH3 is 1. The number of benzene rings is 1. The summed E-state index contributed by atoms with van der Waals surface area (Å²) < 4.78 is 14.1. The van der Waals surface area contributed by atoms with Gasteiger partial charge in [-0.1, -0.05) is 18.2 Å². The van der Waals surface area contributed by atoms with E-state index in [-0.39, 0.29) is 19.4 Å². The maximum atomic E-state index is 11.6. The lowest BCUT2D eigenvalue weighted by molar-refractivity contribution is -0.144. The summed E-state index contributed by atoms with van der Waals surface area (Å²) >= 11 is 0. The van der Waals surface area contributed by atoms with E-state index in [4.69, 9.17) is 9.47 Å². The third-order valence-electron chi connectivity index (χ3n) is 2.66. The highest BCUT2D eigenvalue weighted by Crippen LogP contribution is 2.10. The monoisotopic (exact) mass is 322 g/mol. The molecule has 1 unspecified atom stereocenters. The number of hydrogen-bond donors (Lipinski definition) is 1. The van der Waals surface area contributed by atoms with E-state index in [1.165, 1.54) is 7.11 Å². The van der Waals surface area contributed by atoms with Crippen LogP contribution in [0.25, 0.3) is 0 Å². The predicted molar refractivity (Wildman–Crippen MR) is 79.4 cm³/mol. The molecule has 0 spiro atoms. The fraction of sp³-hybridized carbons (Fsp3) is 0.312. The van der Waals surface area contributed by atoms with Gasteiger partial charge in [-0.3, -0.25) is 0 Å². The summed E-state index contributed by atoms with van der Waals surface area (Å²) in [7, 11) is 1.19. The average Bonchev–Trinajstić information content (AvgIpc) is 2.57. The highest BCUT2D eigenvalue weighted by atomic mass is 16.6. The van der Waals surface area contributed by atoms with Crippen LogP contribution in [0.1, 0.15) is 12.8 Å². The van der Waals surface area contributed by atoms with E-state index in [9.17, 15) is 19.5 Å². The average molecular weight is 322 g/mol. The first kappa shape index (κ1) is 18.4. The second kappa shape index (κ2) is 10.1. The van der Waals surface area contributed by atoms with Crippen molar-refractivity contribution in [2.75, 3.05) is 13.7 Å². The molecular formula is C16H18O7. The van der Waals surface area contributed by atoms with Gasteiger partial charge >= 0.3 is 17.9 Å². The molecule has 0 aliphatic heterocycles. The molecule has 0 bridgehead atoms. The number of aliphatic hydroxyl groups excluding tert-OH is 1. The molecule has 0 fully saturated rings. The summed E-state index contributed by atoms with van der Waals surface area (Å²) in [5.41, 5.74) is 0. The zero-order chi connectivity index (χ0) is 17.1. The quantitative estimate of drug-likeness (QED) is 0.330. The molecule has 0 aliphatic carbocycles. The van der Waals surface area contributed by atoms with Crippen LogP contribution in [0.2, 0.25) is 0 Å². The van der Waals surface area contributed by atoms with Crippen LogP contribution < -0.4 is 4.74 Å². The zero-order valence-corrected chi connectivity index (χ0v) is 12.6. The summed E-state index contributed by atoms with van der Waals surface area (Å²) in [4.78, 5) is 33.6. The molecule has 0 heterocycles. The second-order valence-electron chi connectivity index (χ2n) is 4.42. The van der Waals surface area contributed by atoms with Crippen molar-refractivity contribution >= 4 is 17.9 Å². The number of esters is 3. The van der Waals surface area contributed by atoms with Crippen molar-refractivity contribution in [3.63, 3.8) is 0 Å². The van der Waals surface area contributed by atoms with Crippen molar-refractivity contribution in [2.45, 2.75) is 18.9 Å². The van der Waals surface area contributed by atoms with E-state index in [1.54, 1.807) is 30.3 Å². The first-order valence-corrected chi connectivity index (χ1v) is 6.90. The molecule has 1 aromatic carbocycles. The number of para-hydroxylation sites is 1. The SMILES string of the molecule is COC(=O)C=CC(=O)OCCCC(O)C(=O)Oc1ccccc1. The maximum absolute atomic E-state index is 11.6. The number of carbonyl (C=O) groups is 3. The number of ether oxygens (including phenoxy) is 3. The molecule has 0 aliphatic rings. The Balaban J connectivity index is 2.22. The zero-order valence-electron chi connectivity index (χ0n) is 12.6. The Kier molecular flexibility index (Phi) is 8.09. The normalized spacial score (nSPS) is 11.7. The van der Waals surface area contributed by atoms with E-state index in [0.29, 0.717) is 5.75 Å². The van der Waals surface area contributed by atoms with Gasteiger partial charge in [0, 0.05) is 12.2 Å². The lowest BCUT2D eigenvalue weighted by atomic mass is 10.2. The number of hydrogen-bond acceptors (Lipinski definition) is 7. The van der Waals surface area contributed by atoms with Crippen molar-refractivity contribution in [2.24, 2.45) is 0 Å². The fourth-order valence-corrected chi connectivity index (χ4v) is 1.49. The standard InChI is InChI=1S/C16H18O7/c1-21-14(18)9-10-15(19)22-11-5-8-13(17)16(20)23-12-6-3-2-4-7-12/h2-4,6-7,9-10,13,17H,5,8,11H2,1H3. The van der Waals surface area contributed by atoms with Crippen molar-refractivity contribution in [3.05, 3.63) is 42.5 Å². The van der Waals surface area contributed by atoms with Gasteiger partial charge in [0.15, 0.2) is 6.10 Å². The maximum Gasteiger partial charge on any atom is 0.340 e. The Morgan fingerprint density at radius 1 is 1.13 bits per heavy atom. The van der Waals surface area contributed by atoms with E-state index in [0.717, 1.165) is 12.2 Å². The molecule has 0 aromatic heterocycles. The van der Waals surface area contributed by atoms with Crippen molar-refractivity contribution in [3.8, 4) is 5.75 Å². The summed E-state index contributed by atoms with van der Waals surface area (Å²) in [5, 5.41) is 9.66. The van der Waals surface area contributed by atoms with Crippen LogP contribution in [-0.4, -0.2) is 42.8 Å². The number of rotatable bonds is 8. The largest absolute Gasteiger partial charge is 0.466 e. The van der Waals surface area contributed by atoms with E-state index in [1.807, 2.05) is 0 Å². The fourth-order valence-electron chi connectivity index (χ4n) is 1.49. The molecule has 23 heavy (non-hydrogen) atoms. The number of aliphatic hydroxyl groups is 1. The third-order valence-corrected chi connectivity index (χ3v) is 2.66. The first-order chi connectivity index (χ1) is 11.0. The molecule has 0 saturated heterocycles. The molecule has 124 valence electrons. The Morgan fingerprint density at radius 3 is 2.43 bits per heavy atom. The van der Waals surface area contributed by atoms with Gasteiger partial charge in [0.05, 0.1) is 13.7 Å². The van der Waals surface area contributed by atoms with Crippen LogP contribution in [0.3, 0.4) is 0 Å². The Hall–Kier alpha value is -2.67. The molecule has 0 amide bonds. The Bertz CT molecular complexity index is 551. The van der Waals surface area contributed by atoms with Crippen molar-refractivity contribution in [1.82, 2.24) is 0 Å². The van der Waals surface area contributed by atoms with E-state index >= 15 is 0 Å². The Morgan fingerprint density at radius 2 is 1.78 bits per heavy atom. The van der Waals surface area contributed by atoms with Gasteiger partial charge in [0.2, 0.25) is 0 Å². The molecule has 1 rings (SSSR count). The topological polar surface area (TPSA) is 99.1 Å². The summed E-state index contributed by atoms with van der Waals surface area (Å²) in [5.74, 6) is -1.80. The Labute approximate surface area is 133 Å². The van der Waals surface area contributed by atoms with Crippen LogP contribution in [0.15, 0.2) is 42.5 Å². The van der Waals surface area contributed by atoms with Gasteiger partial charge in [0.1, 0.15) is 5.75 Å². The molecule has 0 radical (unpaired) electrons. The third kappa shape index (κ3) is 7.77.